The Morgan fingerprint density at radius 2 is 1.95 bits per heavy atom. The SMILES string of the molecule is COc1cc(C)ccc1Oc1c(F)cccc1C(=O)O. The van der Waals surface area contributed by atoms with Crippen LogP contribution in [0, 0.1) is 12.7 Å². The lowest BCUT2D eigenvalue weighted by molar-refractivity contribution is 0.0693. The number of hydrogen-bond acceptors (Lipinski definition) is 3. The Hall–Kier alpha value is -2.56. The third-order valence-corrected chi connectivity index (χ3v) is 2.73. The molecule has 0 fully saturated rings. The van der Waals surface area contributed by atoms with Gasteiger partial charge in [-0.15, -0.1) is 0 Å². The maximum atomic E-state index is 13.8. The molecule has 0 unspecified atom stereocenters. The number of ether oxygens (including phenoxy) is 2. The van der Waals surface area contributed by atoms with E-state index in [1.54, 1.807) is 18.2 Å². The molecule has 4 nitrogen and oxygen atoms in total. The first-order valence-electron chi connectivity index (χ1n) is 5.87. The van der Waals surface area contributed by atoms with Crippen LogP contribution < -0.4 is 9.47 Å². The highest BCUT2D eigenvalue weighted by molar-refractivity contribution is 5.91. The second-order valence-electron chi connectivity index (χ2n) is 4.18. The Morgan fingerprint density at radius 3 is 2.60 bits per heavy atom. The van der Waals surface area contributed by atoms with Crippen LogP contribution >= 0.6 is 0 Å². The molecular formula is C15H13FO4. The first-order chi connectivity index (χ1) is 9.52. The van der Waals surface area contributed by atoms with Crippen LogP contribution in [0.5, 0.6) is 17.2 Å². The molecule has 5 heteroatoms. The van der Waals surface area contributed by atoms with Crippen molar-refractivity contribution in [3.8, 4) is 17.2 Å². The Bertz CT molecular complexity index is 652. The first kappa shape index (κ1) is 13.9. The van der Waals surface area contributed by atoms with Crippen LogP contribution in [0.2, 0.25) is 0 Å². The van der Waals surface area contributed by atoms with Gasteiger partial charge in [0.1, 0.15) is 5.56 Å². The summed E-state index contributed by atoms with van der Waals surface area (Å²) in [5.41, 5.74) is 0.703. The van der Waals surface area contributed by atoms with Crippen molar-refractivity contribution in [2.75, 3.05) is 7.11 Å². The van der Waals surface area contributed by atoms with Crippen LogP contribution in [-0.4, -0.2) is 18.2 Å². The summed E-state index contributed by atoms with van der Waals surface area (Å²) in [6.07, 6.45) is 0. The summed E-state index contributed by atoms with van der Waals surface area (Å²) in [7, 11) is 1.46. The molecule has 0 aliphatic carbocycles. The van der Waals surface area contributed by atoms with Crippen molar-refractivity contribution in [1.82, 2.24) is 0 Å². The van der Waals surface area contributed by atoms with Crippen molar-refractivity contribution in [2.45, 2.75) is 6.92 Å². The number of hydrogen-bond donors (Lipinski definition) is 1. The van der Waals surface area contributed by atoms with E-state index in [-0.39, 0.29) is 17.1 Å². The Labute approximate surface area is 115 Å². The second kappa shape index (κ2) is 5.61. The summed E-state index contributed by atoms with van der Waals surface area (Å²) >= 11 is 0. The highest BCUT2D eigenvalue weighted by Gasteiger charge is 2.18. The van der Waals surface area contributed by atoms with Crippen LogP contribution in [0.3, 0.4) is 0 Å². The summed E-state index contributed by atoms with van der Waals surface area (Å²) in [4.78, 5) is 11.1. The number of benzene rings is 2. The molecule has 0 aliphatic rings. The van der Waals surface area contributed by atoms with Crippen molar-refractivity contribution in [3.63, 3.8) is 0 Å². The smallest absolute Gasteiger partial charge is 0.339 e. The van der Waals surface area contributed by atoms with Crippen molar-refractivity contribution in [3.05, 3.63) is 53.3 Å². The van der Waals surface area contributed by atoms with E-state index >= 15 is 0 Å². The Morgan fingerprint density at radius 1 is 1.20 bits per heavy atom. The van der Waals surface area contributed by atoms with E-state index in [1.165, 1.54) is 19.2 Å². The summed E-state index contributed by atoms with van der Waals surface area (Å²) in [6.45, 7) is 1.87. The molecule has 0 saturated carbocycles. The van der Waals surface area contributed by atoms with Crippen molar-refractivity contribution in [1.29, 1.82) is 0 Å². The van der Waals surface area contributed by atoms with Gasteiger partial charge in [0.25, 0.3) is 0 Å². The zero-order chi connectivity index (χ0) is 14.7. The van der Waals surface area contributed by atoms with E-state index in [0.29, 0.717) is 5.75 Å². The van der Waals surface area contributed by atoms with E-state index < -0.39 is 11.8 Å². The van der Waals surface area contributed by atoms with Gasteiger partial charge >= 0.3 is 5.97 Å². The molecule has 0 saturated heterocycles. The molecule has 0 atom stereocenters. The van der Waals surface area contributed by atoms with Crippen molar-refractivity contribution >= 4 is 5.97 Å². The number of rotatable bonds is 4. The normalized spacial score (nSPS) is 10.2. The largest absolute Gasteiger partial charge is 0.493 e. The van der Waals surface area contributed by atoms with Crippen molar-refractivity contribution < 1.29 is 23.8 Å². The average Bonchev–Trinajstić information content (AvgIpc) is 2.42. The number of aromatic carboxylic acids is 1. The van der Waals surface area contributed by atoms with Crippen LogP contribution in [0.25, 0.3) is 0 Å². The van der Waals surface area contributed by atoms with E-state index in [4.69, 9.17) is 14.6 Å². The summed E-state index contributed by atoms with van der Waals surface area (Å²) in [6, 6.07) is 8.82. The molecule has 20 heavy (non-hydrogen) atoms. The predicted octanol–water partition coefficient (Wildman–Crippen LogP) is 3.63. The maximum Gasteiger partial charge on any atom is 0.339 e. The minimum absolute atomic E-state index is 0.243. The van der Waals surface area contributed by atoms with E-state index in [1.807, 2.05) is 6.92 Å². The van der Waals surface area contributed by atoms with Gasteiger partial charge in [-0.2, -0.15) is 0 Å². The summed E-state index contributed by atoms with van der Waals surface area (Å²) < 4.78 is 24.3. The zero-order valence-electron chi connectivity index (χ0n) is 11.0. The molecule has 0 aliphatic heterocycles. The number of halogens is 1. The first-order valence-corrected chi connectivity index (χ1v) is 5.87. The van der Waals surface area contributed by atoms with Crippen LogP contribution in [-0.2, 0) is 0 Å². The second-order valence-corrected chi connectivity index (χ2v) is 4.18. The number of carboxylic acids is 1. The van der Waals surface area contributed by atoms with E-state index in [9.17, 15) is 9.18 Å². The molecule has 104 valence electrons. The van der Waals surface area contributed by atoms with Gasteiger partial charge in [0.05, 0.1) is 7.11 Å². The fourth-order valence-corrected chi connectivity index (χ4v) is 1.75. The topological polar surface area (TPSA) is 55.8 Å². The highest BCUT2D eigenvalue weighted by Crippen LogP contribution is 2.35. The predicted molar refractivity (Wildman–Crippen MR) is 71.2 cm³/mol. The number of carbonyl (C=O) groups is 1. The number of carboxylic acid groups (broad SMARTS) is 1. The fraction of sp³-hybridized carbons (Fsp3) is 0.133. The maximum absolute atomic E-state index is 13.8. The van der Waals surface area contributed by atoms with Crippen LogP contribution in [0.4, 0.5) is 4.39 Å². The molecule has 0 radical (unpaired) electrons. The molecule has 2 aromatic rings. The van der Waals surface area contributed by atoms with E-state index in [2.05, 4.69) is 0 Å². The third kappa shape index (κ3) is 2.71. The molecule has 0 spiro atoms. The van der Waals surface area contributed by atoms with Gasteiger partial charge in [0.15, 0.2) is 23.1 Å². The zero-order valence-corrected chi connectivity index (χ0v) is 11.0. The van der Waals surface area contributed by atoms with Gasteiger partial charge in [0.2, 0.25) is 0 Å². The van der Waals surface area contributed by atoms with E-state index in [0.717, 1.165) is 11.6 Å². The standard InChI is InChI=1S/C15H13FO4/c1-9-6-7-12(13(8-9)19-2)20-14-10(15(17)18)4-3-5-11(14)16/h3-8H,1-2H3,(H,17,18). The number of methoxy groups -OCH3 is 1. The molecule has 2 rings (SSSR count). The fourth-order valence-electron chi connectivity index (χ4n) is 1.75. The lowest BCUT2D eigenvalue weighted by Crippen LogP contribution is -2.02. The summed E-state index contributed by atoms with van der Waals surface area (Å²) in [5.74, 6) is -1.67. The molecule has 1 N–H and O–H groups in total. The minimum Gasteiger partial charge on any atom is -0.493 e. The van der Waals surface area contributed by atoms with Gasteiger partial charge in [-0.3, -0.25) is 0 Å². The minimum atomic E-state index is -1.26. The molecule has 2 aromatic carbocycles. The van der Waals surface area contributed by atoms with Crippen LogP contribution in [0.1, 0.15) is 15.9 Å². The molecule has 0 amide bonds. The molecular weight excluding hydrogens is 263 g/mol. The number of para-hydroxylation sites is 1. The Kier molecular flexibility index (Phi) is 3.89. The monoisotopic (exact) mass is 276 g/mol. The lowest BCUT2D eigenvalue weighted by atomic mass is 10.2. The van der Waals surface area contributed by atoms with Gasteiger partial charge in [-0.25, -0.2) is 9.18 Å². The average molecular weight is 276 g/mol. The highest BCUT2D eigenvalue weighted by atomic mass is 19.1. The van der Waals surface area contributed by atoms with Gasteiger partial charge in [0, 0.05) is 0 Å². The third-order valence-electron chi connectivity index (χ3n) is 2.73. The van der Waals surface area contributed by atoms with Crippen molar-refractivity contribution in [2.24, 2.45) is 0 Å². The summed E-state index contributed by atoms with van der Waals surface area (Å²) in [5, 5.41) is 9.06. The molecule has 0 heterocycles. The molecule has 0 aromatic heterocycles. The molecule has 0 bridgehead atoms. The quantitative estimate of drug-likeness (QED) is 0.926. The van der Waals surface area contributed by atoms with Gasteiger partial charge < -0.3 is 14.6 Å². The van der Waals surface area contributed by atoms with Gasteiger partial charge in [-0.05, 0) is 36.8 Å². The van der Waals surface area contributed by atoms with Gasteiger partial charge in [-0.1, -0.05) is 12.1 Å². The Balaban J connectivity index is 2.47. The lowest BCUT2D eigenvalue weighted by Gasteiger charge is -2.13. The van der Waals surface area contributed by atoms with Crippen LogP contribution in [0.15, 0.2) is 36.4 Å². The number of aryl methyl sites for hydroxylation is 1.